The molecule has 0 bridgehead atoms. The van der Waals surface area contributed by atoms with Crippen molar-refractivity contribution in [3.05, 3.63) is 72.7 Å². The van der Waals surface area contributed by atoms with Gasteiger partial charge < -0.3 is 0 Å². The number of aromatic nitrogens is 5. The Hall–Kier alpha value is -3.08. The minimum atomic E-state index is 0.647. The van der Waals surface area contributed by atoms with E-state index in [1.54, 1.807) is 10.9 Å². The van der Waals surface area contributed by atoms with Crippen molar-refractivity contribution in [3.63, 3.8) is 0 Å². The molecular formula is C17H13N5. The predicted octanol–water partition coefficient (Wildman–Crippen LogP) is 2.94. The van der Waals surface area contributed by atoms with E-state index in [9.17, 15) is 0 Å². The minimum absolute atomic E-state index is 0.647. The van der Waals surface area contributed by atoms with Gasteiger partial charge in [-0.15, -0.1) is 5.10 Å². The number of hydrogen-bond acceptors (Lipinski definition) is 4. The molecule has 0 spiro atoms. The summed E-state index contributed by atoms with van der Waals surface area (Å²) in [5, 5.41) is 9.51. The van der Waals surface area contributed by atoms with E-state index in [0.29, 0.717) is 6.54 Å². The molecule has 1 aromatic carbocycles. The van der Waals surface area contributed by atoms with Crippen LogP contribution in [-0.2, 0) is 6.54 Å². The maximum atomic E-state index is 4.64. The van der Waals surface area contributed by atoms with Gasteiger partial charge in [0.15, 0.2) is 0 Å². The Kier molecular flexibility index (Phi) is 3.08. The van der Waals surface area contributed by atoms with Crippen molar-refractivity contribution in [1.29, 1.82) is 0 Å². The molecule has 4 aromatic rings. The van der Waals surface area contributed by atoms with Gasteiger partial charge in [-0.3, -0.25) is 4.98 Å². The van der Waals surface area contributed by atoms with Gasteiger partial charge in [-0.25, -0.2) is 9.67 Å². The molecular weight excluding hydrogens is 274 g/mol. The summed E-state index contributed by atoms with van der Waals surface area (Å²) in [6.07, 6.45) is 5.50. The van der Waals surface area contributed by atoms with Gasteiger partial charge in [0.25, 0.3) is 0 Å². The fraction of sp³-hybridized carbons (Fsp3) is 0.0588. The Balaban J connectivity index is 1.65. The molecule has 0 aliphatic carbocycles. The molecule has 3 heterocycles. The monoisotopic (exact) mass is 287 g/mol. The molecule has 0 unspecified atom stereocenters. The lowest BCUT2D eigenvalue weighted by Gasteiger charge is -2.00. The van der Waals surface area contributed by atoms with Crippen LogP contribution in [0.5, 0.6) is 0 Å². The van der Waals surface area contributed by atoms with Crippen molar-refractivity contribution >= 4 is 10.9 Å². The summed E-state index contributed by atoms with van der Waals surface area (Å²) in [4.78, 5) is 8.74. The average Bonchev–Trinajstić information content (AvgIpc) is 3.04. The van der Waals surface area contributed by atoms with Gasteiger partial charge >= 0.3 is 0 Å². The fourth-order valence-corrected chi connectivity index (χ4v) is 2.38. The minimum Gasteiger partial charge on any atom is -0.264 e. The van der Waals surface area contributed by atoms with E-state index in [1.807, 2.05) is 54.9 Å². The second-order valence-electron chi connectivity index (χ2n) is 5.05. The fourth-order valence-electron chi connectivity index (χ4n) is 2.38. The zero-order valence-corrected chi connectivity index (χ0v) is 11.8. The summed E-state index contributed by atoms with van der Waals surface area (Å²) in [5.41, 5.74) is 3.65. The summed E-state index contributed by atoms with van der Waals surface area (Å²) >= 11 is 0. The molecule has 5 nitrogen and oxygen atoms in total. The van der Waals surface area contributed by atoms with Crippen LogP contribution in [0.3, 0.4) is 0 Å². The summed E-state index contributed by atoms with van der Waals surface area (Å²) in [6, 6.07) is 16.0. The Morgan fingerprint density at radius 2 is 1.86 bits per heavy atom. The highest BCUT2D eigenvalue weighted by Gasteiger charge is 2.06. The number of rotatable bonds is 3. The lowest BCUT2D eigenvalue weighted by molar-refractivity contribution is 0.648. The molecule has 0 N–H and O–H groups in total. The van der Waals surface area contributed by atoms with Gasteiger partial charge in [0.05, 0.1) is 24.0 Å². The van der Waals surface area contributed by atoms with E-state index in [2.05, 4.69) is 26.3 Å². The highest BCUT2D eigenvalue weighted by molar-refractivity contribution is 5.80. The van der Waals surface area contributed by atoms with Crippen LogP contribution < -0.4 is 0 Å². The largest absolute Gasteiger partial charge is 0.264 e. The molecule has 5 heteroatoms. The summed E-state index contributed by atoms with van der Waals surface area (Å²) in [6.45, 7) is 0.647. The number of pyridine rings is 2. The van der Waals surface area contributed by atoms with E-state index in [1.165, 1.54) is 0 Å². The van der Waals surface area contributed by atoms with Crippen molar-refractivity contribution in [2.75, 3.05) is 0 Å². The topological polar surface area (TPSA) is 56.5 Å². The third-order valence-electron chi connectivity index (χ3n) is 3.47. The molecule has 0 amide bonds. The van der Waals surface area contributed by atoms with Crippen LogP contribution in [0.15, 0.2) is 67.1 Å². The van der Waals surface area contributed by atoms with E-state index in [-0.39, 0.29) is 0 Å². The maximum Gasteiger partial charge on any atom is 0.131 e. The van der Waals surface area contributed by atoms with Crippen LogP contribution in [0, 0.1) is 0 Å². The number of fused-ring (bicyclic) bond motifs is 1. The first-order chi connectivity index (χ1) is 10.9. The molecule has 0 fully saturated rings. The molecule has 0 aliphatic heterocycles. The van der Waals surface area contributed by atoms with Crippen molar-refractivity contribution < 1.29 is 0 Å². The third kappa shape index (κ3) is 2.44. The molecule has 0 saturated heterocycles. The highest BCUT2D eigenvalue weighted by Crippen LogP contribution is 2.18. The van der Waals surface area contributed by atoms with E-state index in [0.717, 1.165) is 27.9 Å². The number of nitrogens with zero attached hydrogens (tertiary/aromatic N) is 5. The second-order valence-corrected chi connectivity index (χ2v) is 5.05. The second kappa shape index (κ2) is 5.37. The summed E-state index contributed by atoms with van der Waals surface area (Å²) in [5.74, 6) is 0. The first-order valence-electron chi connectivity index (χ1n) is 7.04. The van der Waals surface area contributed by atoms with E-state index in [4.69, 9.17) is 0 Å². The van der Waals surface area contributed by atoms with Crippen LogP contribution in [0.2, 0.25) is 0 Å². The standard InChI is InChI=1S/C17H13N5/c1-2-6-15-14(5-1)7-8-16(19-15)17-12-22(21-20-17)11-13-4-3-9-18-10-13/h1-10,12H,11H2. The smallest absolute Gasteiger partial charge is 0.131 e. The quantitative estimate of drug-likeness (QED) is 0.581. The molecule has 0 radical (unpaired) electrons. The molecule has 106 valence electrons. The van der Waals surface area contributed by atoms with Gasteiger partial charge in [-0.1, -0.05) is 35.5 Å². The van der Waals surface area contributed by atoms with Crippen LogP contribution >= 0.6 is 0 Å². The van der Waals surface area contributed by atoms with E-state index >= 15 is 0 Å². The zero-order valence-electron chi connectivity index (χ0n) is 11.8. The molecule has 22 heavy (non-hydrogen) atoms. The zero-order chi connectivity index (χ0) is 14.8. The molecule has 0 atom stereocenters. The van der Waals surface area contributed by atoms with Crippen LogP contribution in [0.25, 0.3) is 22.3 Å². The Morgan fingerprint density at radius 3 is 2.77 bits per heavy atom. The first kappa shape index (κ1) is 12.6. The van der Waals surface area contributed by atoms with Crippen LogP contribution in [0.4, 0.5) is 0 Å². The average molecular weight is 287 g/mol. The number of hydrogen-bond donors (Lipinski definition) is 0. The van der Waals surface area contributed by atoms with Gasteiger partial charge in [0.2, 0.25) is 0 Å². The van der Waals surface area contributed by atoms with Crippen LogP contribution in [-0.4, -0.2) is 25.0 Å². The van der Waals surface area contributed by atoms with Crippen molar-refractivity contribution in [2.45, 2.75) is 6.54 Å². The lowest BCUT2D eigenvalue weighted by Crippen LogP contribution is -2.00. The van der Waals surface area contributed by atoms with Crippen molar-refractivity contribution in [2.24, 2.45) is 0 Å². The Morgan fingerprint density at radius 1 is 0.909 bits per heavy atom. The summed E-state index contributed by atoms with van der Waals surface area (Å²) < 4.78 is 1.79. The van der Waals surface area contributed by atoms with Crippen molar-refractivity contribution in [3.8, 4) is 11.4 Å². The summed E-state index contributed by atoms with van der Waals surface area (Å²) in [7, 11) is 0. The number of benzene rings is 1. The molecule has 0 saturated carbocycles. The SMILES string of the molecule is c1cncc(Cn2cc(-c3ccc4ccccc4n3)nn2)c1. The van der Waals surface area contributed by atoms with Gasteiger partial charge in [0.1, 0.15) is 5.69 Å². The molecule has 3 aromatic heterocycles. The van der Waals surface area contributed by atoms with Gasteiger partial charge in [0, 0.05) is 17.8 Å². The van der Waals surface area contributed by atoms with Crippen molar-refractivity contribution in [1.82, 2.24) is 25.0 Å². The van der Waals surface area contributed by atoms with E-state index < -0.39 is 0 Å². The number of para-hydroxylation sites is 1. The normalized spacial score (nSPS) is 10.9. The Labute approximate surface area is 127 Å². The maximum absolute atomic E-state index is 4.64. The van der Waals surface area contributed by atoms with Gasteiger partial charge in [-0.2, -0.15) is 0 Å². The lowest BCUT2D eigenvalue weighted by atomic mass is 10.2. The van der Waals surface area contributed by atoms with Gasteiger partial charge in [-0.05, 0) is 23.8 Å². The highest BCUT2D eigenvalue weighted by atomic mass is 15.4. The third-order valence-corrected chi connectivity index (χ3v) is 3.47. The molecule has 0 aliphatic rings. The van der Waals surface area contributed by atoms with Crippen LogP contribution in [0.1, 0.15) is 5.56 Å². The molecule has 4 rings (SSSR count). The predicted molar refractivity (Wildman–Crippen MR) is 84.1 cm³/mol. The first-order valence-corrected chi connectivity index (χ1v) is 7.04. The Bertz CT molecular complexity index is 914.